The molecule has 1 saturated heterocycles. The van der Waals surface area contributed by atoms with Gasteiger partial charge < -0.3 is 9.73 Å². The number of nitrogens with one attached hydrogen (secondary N) is 1. The molecule has 1 N–H and O–H groups in total. The highest BCUT2D eigenvalue weighted by Gasteiger charge is 2.28. The number of halogens is 1. The van der Waals surface area contributed by atoms with Crippen LogP contribution in [0.5, 0.6) is 0 Å². The molecule has 1 amide bonds. The molecule has 1 aromatic carbocycles. The average Bonchev–Trinajstić information content (AvgIpc) is 3.44. The summed E-state index contributed by atoms with van der Waals surface area (Å²) >= 11 is 6.17. The third kappa shape index (κ3) is 4.88. The first kappa shape index (κ1) is 22.8. The summed E-state index contributed by atoms with van der Waals surface area (Å²) in [7, 11) is -3.77. The number of benzene rings is 1. The monoisotopic (exact) mass is 453 g/mol. The summed E-state index contributed by atoms with van der Waals surface area (Å²) in [6.07, 6.45) is 3.87. The molecule has 0 bridgehead atoms. The maximum Gasteiger partial charge on any atom is 0.251 e. The Bertz CT molecular complexity index is 953. The van der Waals surface area contributed by atoms with Gasteiger partial charge in [0.1, 0.15) is 10.7 Å². The number of furan rings is 1. The molecule has 1 aliphatic heterocycles. The van der Waals surface area contributed by atoms with E-state index in [0.29, 0.717) is 19.6 Å². The molecule has 1 aliphatic rings. The van der Waals surface area contributed by atoms with Crippen LogP contribution in [0, 0.1) is 0 Å². The largest absolute Gasteiger partial charge is 0.468 e. The van der Waals surface area contributed by atoms with Gasteiger partial charge in [0.05, 0.1) is 17.3 Å². The van der Waals surface area contributed by atoms with Gasteiger partial charge in [0, 0.05) is 25.2 Å². The Morgan fingerprint density at radius 2 is 1.93 bits per heavy atom. The van der Waals surface area contributed by atoms with Gasteiger partial charge in [-0.2, -0.15) is 4.31 Å². The van der Waals surface area contributed by atoms with E-state index in [-0.39, 0.29) is 27.4 Å². The Hall–Kier alpha value is -1.87. The minimum atomic E-state index is -3.77. The predicted octanol–water partition coefficient (Wildman–Crippen LogP) is 3.53. The van der Waals surface area contributed by atoms with Gasteiger partial charge in [-0.15, -0.1) is 0 Å². The number of hydrogen-bond donors (Lipinski definition) is 1. The first-order chi connectivity index (χ1) is 14.4. The number of carbonyl (C=O) groups excluding carboxylic acids is 1. The van der Waals surface area contributed by atoms with Crippen molar-refractivity contribution in [3.8, 4) is 0 Å². The second-order valence-corrected chi connectivity index (χ2v) is 9.53. The van der Waals surface area contributed by atoms with Crippen molar-refractivity contribution in [3.63, 3.8) is 0 Å². The van der Waals surface area contributed by atoms with Gasteiger partial charge in [-0.1, -0.05) is 25.4 Å². The SMILES string of the molecule is CCN(CC)S(=O)(=O)c1cc(C(=O)NCC(c2ccco2)N2CCCC2)ccc1Cl. The van der Waals surface area contributed by atoms with E-state index >= 15 is 0 Å². The molecule has 1 atom stereocenters. The molecule has 7 nitrogen and oxygen atoms in total. The molecule has 164 valence electrons. The topological polar surface area (TPSA) is 82.9 Å². The number of hydrogen-bond acceptors (Lipinski definition) is 5. The number of sulfonamides is 1. The van der Waals surface area contributed by atoms with Crippen LogP contribution in [0.1, 0.15) is 48.8 Å². The maximum atomic E-state index is 12.9. The number of nitrogens with zero attached hydrogens (tertiary/aromatic N) is 2. The highest BCUT2D eigenvalue weighted by Crippen LogP contribution is 2.27. The van der Waals surface area contributed by atoms with Crippen molar-refractivity contribution >= 4 is 27.5 Å². The number of likely N-dealkylation sites (tertiary alicyclic amines) is 1. The molecule has 9 heteroatoms. The average molecular weight is 454 g/mol. The Morgan fingerprint density at radius 1 is 1.23 bits per heavy atom. The van der Waals surface area contributed by atoms with Gasteiger partial charge in [-0.3, -0.25) is 9.69 Å². The van der Waals surface area contributed by atoms with Crippen molar-refractivity contribution in [2.24, 2.45) is 0 Å². The molecular weight excluding hydrogens is 426 g/mol. The standard InChI is InChI=1S/C21H28ClN3O4S/c1-3-25(4-2)30(27,28)20-14-16(9-10-17(20)22)21(26)23-15-18(19-8-7-13-29-19)24-11-5-6-12-24/h7-10,13-14,18H,3-6,11-12,15H2,1-2H3,(H,23,26). The van der Waals surface area contributed by atoms with E-state index in [4.69, 9.17) is 16.0 Å². The van der Waals surface area contributed by atoms with Crippen molar-refractivity contribution in [1.82, 2.24) is 14.5 Å². The summed E-state index contributed by atoms with van der Waals surface area (Å²) in [6.45, 7) is 6.45. The highest BCUT2D eigenvalue weighted by atomic mass is 35.5. The molecule has 0 radical (unpaired) electrons. The molecule has 0 aliphatic carbocycles. The van der Waals surface area contributed by atoms with E-state index in [0.717, 1.165) is 31.7 Å². The van der Waals surface area contributed by atoms with E-state index in [2.05, 4.69) is 10.2 Å². The number of carbonyl (C=O) groups is 1. The second kappa shape index (κ2) is 9.96. The molecule has 2 aromatic rings. The molecular formula is C21H28ClN3O4S. The molecule has 2 heterocycles. The van der Waals surface area contributed by atoms with Crippen LogP contribution in [0.3, 0.4) is 0 Å². The zero-order valence-electron chi connectivity index (χ0n) is 17.3. The molecule has 1 fully saturated rings. The van der Waals surface area contributed by atoms with Gasteiger partial charge in [0.2, 0.25) is 10.0 Å². The van der Waals surface area contributed by atoms with E-state index < -0.39 is 10.0 Å². The van der Waals surface area contributed by atoms with E-state index in [1.165, 1.54) is 22.5 Å². The lowest BCUT2D eigenvalue weighted by Crippen LogP contribution is -2.36. The normalized spacial score (nSPS) is 16.1. The smallest absolute Gasteiger partial charge is 0.251 e. The van der Waals surface area contributed by atoms with Crippen LogP contribution in [-0.2, 0) is 10.0 Å². The van der Waals surface area contributed by atoms with Crippen LogP contribution >= 0.6 is 11.6 Å². The molecule has 30 heavy (non-hydrogen) atoms. The minimum Gasteiger partial charge on any atom is -0.468 e. The summed E-state index contributed by atoms with van der Waals surface area (Å²) in [6, 6.07) is 8.03. The Kier molecular flexibility index (Phi) is 7.57. The fourth-order valence-corrected chi connectivity index (χ4v) is 5.74. The summed E-state index contributed by atoms with van der Waals surface area (Å²) in [5.41, 5.74) is 0.254. The van der Waals surface area contributed by atoms with Gasteiger partial charge in [-0.05, 0) is 56.3 Å². The minimum absolute atomic E-state index is 0.0531. The summed E-state index contributed by atoms with van der Waals surface area (Å²) < 4.78 is 32.6. The number of amides is 1. The molecule has 0 saturated carbocycles. The lowest BCUT2D eigenvalue weighted by molar-refractivity contribution is 0.0933. The van der Waals surface area contributed by atoms with Crippen molar-refractivity contribution < 1.29 is 17.6 Å². The quantitative estimate of drug-likeness (QED) is 0.628. The molecule has 3 rings (SSSR count). The van der Waals surface area contributed by atoms with Gasteiger partial charge in [0.15, 0.2) is 0 Å². The van der Waals surface area contributed by atoms with Crippen molar-refractivity contribution in [2.45, 2.75) is 37.6 Å². The fraction of sp³-hybridized carbons (Fsp3) is 0.476. The summed E-state index contributed by atoms with van der Waals surface area (Å²) in [4.78, 5) is 15.1. The van der Waals surface area contributed by atoms with E-state index in [1.807, 2.05) is 12.1 Å². The first-order valence-corrected chi connectivity index (χ1v) is 12.1. The van der Waals surface area contributed by atoms with Crippen LogP contribution in [0.2, 0.25) is 5.02 Å². The van der Waals surface area contributed by atoms with Crippen molar-refractivity contribution in [1.29, 1.82) is 0 Å². The molecule has 1 unspecified atom stereocenters. The predicted molar refractivity (Wildman–Crippen MR) is 116 cm³/mol. The van der Waals surface area contributed by atoms with Crippen LogP contribution < -0.4 is 5.32 Å². The van der Waals surface area contributed by atoms with Gasteiger partial charge >= 0.3 is 0 Å². The molecule has 1 aromatic heterocycles. The second-order valence-electron chi connectivity index (χ2n) is 7.22. The highest BCUT2D eigenvalue weighted by molar-refractivity contribution is 7.89. The van der Waals surface area contributed by atoms with Crippen LogP contribution in [0.15, 0.2) is 45.9 Å². The van der Waals surface area contributed by atoms with Crippen LogP contribution in [0.4, 0.5) is 0 Å². The summed E-state index contributed by atoms with van der Waals surface area (Å²) in [5, 5.41) is 3.03. The third-order valence-electron chi connectivity index (χ3n) is 5.43. The fourth-order valence-electron chi connectivity index (χ4n) is 3.78. The van der Waals surface area contributed by atoms with E-state index in [1.54, 1.807) is 20.1 Å². The zero-order chi connectivity index (χ0) is 21.7. The lowest BCUT2D eigenvalue weighted by Gasteiger charge is -2.26. The molecule has 0 spiro atoms. The first-order valence-electron chi connectivity index (χ1n) is 10.2. The number of rotatable bonds is 9. The Labute approximate surface area is 183 Å². The van der Waals surface area contributed by atoms with E-state index in [9.17, 15) is 13.2 Å². The third-order valence-corrected chi connectivity index (χ3v) is 7.96. The van der Waals surface area contributed by atoms with Crippen molar-refractivity contribution in [2.75, 3.05) is 32.7 Å². The summed E-state index contributed by atoms with van der Waals surface area (Å²) in [5.74, 6) is 0.455. The lowest BCUT2D eigenvalue weighted by atomic mass is 10.1. The van der Waals surface area contributed by atoms with Gasteiger partial charge in [0.25, 0.3) is 5.91 Å². The van der Waals surface area contributed by atoms with Crippen LogP contribution in [0.25, 0.3) is 0 Å². The van der Waals surface area contributed by atoms with Crippen LogP contribution in [-0.4, -0.2) is 56.3 Å². The Morgan fingerprint density at radius 3 is 2.53 bits per heavy atom. The zero-order valence-corrected chi connectivity index (χ0v) is 18.9. The Balaban J connectivity index is 1.78. The van der Waals surface area contributed by atoms with Gasteiger partial charge in [-0.25, -0.2) is 8.42 Å². The maximum absolute atomic E-state index is 12.9. The van der Waals surface area contributed by atoms with Crippen molar-refractivity contribution in [3.05, 3.63) is 52.9 Å².